The molecular formula is C20H21N7O. The van der Waals surface area contributed by atoms with Crippen molar-refractivity contribution < 1.29 is 4.79 Å². The highest BCUT2D eigenvalue weighted by molar-refractivity contribution is 5.91. The maximum atomic E-state index is 12.3. The fourth-order valence-electron chi connectivity index (χ4n) is 3.06. The largest absolute Gasteiger partial charge is 0.352 e. The van der Waals surface area contributed by atoms with E-state index in [9.17, 15) is 4.79 Å². The van der Waals surface area contributed by atoms with Crippen LogP contribution in [0.5, 0.6) is 0 Å². The third kappa shape index (κ3) is 4.22. The molecule has 0 unspecified atom stereocenters. The number of anilines is 2. The van der Waals surface area contributed by atoms with Gasteiger partial charge >= 0.3 is 0 Å². The van der Waals surface area contributed by atoms with Crippen LogP contribution in [0, 0.1) is 0 Å². The molecule has 3 aromatic rings. The molecule has 1 amide bonds. The van der Waals surface area contributed by atoms with E-state index in [1.165, 1.54) is 6.20 Å². The van der Waals surface area contributed by atoms with Crippen LogP contribution in [0.2, 0.25) is 0 Å². The number of benzene rings is 1. The Hall–Kier alpha value is -3.55. The molecule has 0 aliphatic carbocycles. The molecule has 4 rings (SSSR count). The summed E-state index contributed by atoms with van der Waals surface area (Å²) in [5, 5.41) is 2.86. The van der Waals surface area contributed by atoms with E-state index in [1.807, 2.05) is 36.4 Å². The highest BCUT2D eigenvalue weighted by Gasteiger charge is 2.20. The second-order valence-electron chi connectivity index (χ2n) is 6.45. The lowest BCUT2D eigenvalue weighted by atomic mass is 10.2. The molecular weight excluding hydrogens is 354 g/mol. The molecule has 1 N–H and O–H groups in total. The number of carbonyl (C=O) groups excluding carboxylic acids is 1. The first-order valence-electron chi connectivity index (χ1n) is 9.21. The quantitative estimate of drug-likeness (QED) is 0.723. The van der Waals surface area contributed by atoms with E-state index < -0.39 is 0 Å². The Labute approximate surface area is 163 Å². The highest BCUT2D eigenvalue weighted by Crippen LogP contribution is 2.15. The van der Waals surface area contributed by atoms with Crippen molar-refractivity contribution in [2.45, 2.75) is 6.54 Å². The standard InChI is InChI=1S/C20H21N7O/c28-19(25-13-16-5-2-1-3-6-16)17-14-24-18(15-23-17)26-9-11-27(12-10-26)20-21-7-4-8-22-20/h1-8,14-15H,9-13H2,(H,25,28). The predicted octanol–water partition coefficient (Wildman–Crippen LogP) is 1.52. The van der Waals surface area contributed by atoms with Crippen LogP contribution < -0.4 is 15.1 Å². The Balaban J connectivity index is 1.31. The normalized spacial score (nSPS) is 14.0. The van der Waals surface area contributed by atoms with Gasteiger partial charge < -0.3 is 15.1 Å². The number of carbonyl (C=O) groups is 1. The summed E-state index contributed by atoms with van der Waals surface area (Å²) in [6.45, 7) is 3.68. The number of nitrogens with one attached hydrogen (secondary N) is 1. The predicted molar refractivity (Wildman–Crippen MR) is 106 cm³/mol. The second kappa shape index (κ2) is 8.43. The zero-order valence-electron chi connectivity index (χ0n) is 15.4. The van der Waals surface area contributed by atoms with Crippen molar-refractivity contribution in [3.63, 3.8) is 0 Å². The van der Waals surface area contributed by atoms with Gasteiger partial charge in [-0.05, 0) is 11.6 Å². The van der Waals surface area contributed by atoms with E-state index in [2.05, 4.69) is 35.1 Å². The van der Waals surface area contributed by atoms with Crippen LogP contribution in [0.3, 0.4) is 0 Å². The first-order valence-corrected chi connectivity index (χ1v) is 9.21. The lowest BCUT2D eigenvalue weighted by Crippen LogP contribution is -2.47. The SMILES string of the molecule is O=C(NCc1ccccc1)c1cnc(N2CCN(c3ncccn3)CC2)cn1. The molecule has 142 valence electrons. The third-order valence-electron chi connectivity index (χ3n) is 4.61. The average molecular weight is 375 g/mol. The summed E-state index contributed by atoms with van der Waals surface area (Å²) in [6.07, 6.45) is 6.69. The maximum absolute atomic E-state index is 12.3. The third-order valence-corrected chi connectivity index (χ3v) is 4.61. The zero-order valence-corrected chi connectivity index (χ0v) is 15.4. The lowest BCUT2D eigenvalue weighted by molar-refractivity contribution is 0.0945. The van der Waals surface area contributed by atoms with Crippen LogP contribution in [-0.2, 0) is 6.54 Å². The minimum atomic E-state index is -0.228. The number of piperazine rings is 1. The van der Waals surface area contributed by atoms with Gasteiger partial charge in [0, 0.05) is 45.1 Å². The summed E-state index contributed by atoms with van der Waals surface area (Å²) in [5.74, 6) is 1.29. The summed E-state index contributed by atoms with van der Waals surface area (Å²) < 4.78 is 0. The maximum Gasteiger partial charge on any atom is 0.271 e. The molecule has 1 aromatic carbocycles. The van der Waals surface area contributed by atoms with Gasteiger partial charge in [-0.1, -0.05) is 30.3 Å². The molecule has 1 aliphatic rings. The fraction of sp³-hybridized carbons (Fsp3) is 0.250. The molecule has 8 nitrogen and oxygen atoms in total. The molecule has 28 heavy (non-hydrogen) atoms. The van der Waals surface area contributed by atoms with Gasteiger partial charge in [-0.3, -0.25) is 4.79 Å². The van der Waals surface area contributed by atoms with Crippen molar-refractivity contribution in [1.82, 2.24) is 25.3 Å². The fourth-order valence-corrected chi connectivity index (χ4v) is 3.06. The van der Waals surface area contributed by atoms with Crippen molar-refractivity contribution >= 4 is 17.7 Å². The Morgan fingerprint density at radius 1 is 0.857 bits per heavy atom. The van der Waals surface area contributed by atoms with E-state index in [0.29, 0.717) is 12.2 Å². The average Bonchev–Trinajstić information content (AvgIpc) is 2.79. The van der Waals surface area contributed by atoms with Gasteiger partial charge in [0.1, 0.15) is 11.5 Å². The minimum Gasteiger partial charge on any atom is -0.352 e. The Bertz CT molecular complexity index is 895. The van der Waals surface area contributed by atoms with Gasteiger partial charge in [-0.2, -0.15) is 0 Å². The first-order chi connectivity index (χ1) is 13.8. The molecule has 1 fully saturated rings. The van der Waals surface area contributed by atoms with Crippen molar-refractivity contribution in [2.75, 3.05) is 36.0 Å². The topological polar surface area (TPSA) is 87.1 Å². The van der Waals surface area contributed by atoms with Gasteiger partial charge in [0.05, 0.1) is 12.4 Å². The highest BCUT2D eigenvalue weighted by atomic mass is 16.1. The van der Waals surface area contributed by atoms with Crippen molar-refractivity contribution in [3.05, 3.63) is 72.4 Å². The number of nitrogens with zero attached hydrogens (tertiary/aromatic N) is 6. The molecule has 2 aromatic heterocycles. The van der Waals surface area contributed by atoms with Crippen molar-refractivity contribution in [1.29, 1.82) is 0 Å². The molecule has 3 heterocycles. The Kier molecular flexibility index (Phi) is 5.37. The number of amides is 1. The van der Waals surface area contributed by atoms with Crippen LogP contribution in [0.1, 0.15) is 16.1 Å². The van der Waals surface area contributed by atoms with E-state index in [-0.39, 0.29) is 5.91 Å². The smallest absolute Gasteiger partial charge is 0.271 e. The second-order valence-corrected chi connectivity index (χ2v) is 6.45. The zero-order chi connectivity index (χ0) is 19.2. The van der Waals surface area contributed by atoms with Crippen molar-refractivity contribution in [2.24, 2.45) is 0 Å². The minimum absolute atomic E-state index is 0.228. The van der Waals surface area contributed by atoms with E-state index >= 15 is 0 Å². The van der Waals surface area contributed by atoms with Crippen LogP contribution in [0.4, 0.5) is 11.8 Å². The van der Waals surface area contributed by atoms with E-state index in [1.54, 1.807) is 18.6 Å². The van der Waals surface area contributed by atoms with Gasteiger partial charge in [-0.25, -0.2) is 19.9 Å². The molecule has 0 spiro atoms. The molecule has 1 aliphatic heterocycles. The van der Waals surface area contributed by atoms with Crippen LogP contribution in [-0.4, -0.2) is 52.0 Å². The molecule has 0 bridgehead atoms. The Morgan fingerprint density at radius 3 is 2.25 bits per heavy atom. The van der Waals surface area contributed by atoms with Crippen LogP contribution in [0.15, 0.2) is 61.2 Å². The van der Waals surface area contributed by atoms with Crippen LogP contribution >= 0.6 is 0 Å². The first kappa shape index (κ1) is 17.8. The summed E-state index contributed by atoms with van der Waals surface area (Å²) in [6, 6.07) is 11.6. The molecule has 8 heteroatoms. The van der Waals surface area contributed by atoms with Crippen LogP contribution in [0.25, 0.3) is 0 Å². The number of rotatable bonds is 5. The van der Waals surface area contributed by atoms with Gasteiger partial charge in [-0.15, -0.1) is 0 Å². The lowest BCUT2D eigenvalue weighted by Gasteiger charge is -2.35. The summed E-state index contributed by atoms with van der Waals surface area (Å²) in [7, 11) is 0. The van der Waals surface area contributed by atoms with Gasteiger partial charge in [0.15, 0.2) is 0 Å². The van der Waals surface area contributed by atoms with E-state index in [4.69, 9.17) is 0 Å². The number of hydrogen-bond donors (Lipinski definition) is 1. The number of aromatic nitrogens is 4. The molecule has 0 radical (unpaired) electrons. The Morgan fingerprint density at radius 2 is 1.57 bits per heavy atom. The monoisotopic (exact) mass is 375 g/mol. The van der Waals surface area contributed by atoms with Gasteiger partial charge in [0.25, 0.3) is 5.91 Å². The molecule has 1 saturated heterocycles. The summed E-state index contributed by atoms with van der Waals surface area (Å²) in [4.78, 5) is 33.9. The van der Waals surface area contributed by atoms with E-state index in [0.717, 1.165) is 43.5 Å². The summed E-state index contributed by atoms with van der Waals surface area (Å²) >= 11 is 0. The van der Waals surface area contributed by atoms with Crippen molar-refractivity contribution in [3.8, 4) is 0 Å². The molecule has 0 saturated carbocycles. The molecule has 0 atom stereocenters. The number of hydrogen-bond acceptors (Lipinski definition) is 7. The van der Waals surface area contributed by atoms with Gasteiger partial charge in [0.2, 0.25) is 5.95 Å². The summed E-state index contributed by atoms with van der Waals surface area (Å²) in [5.41, 5.74) is 1.36.